The number of hydrogen-bond donors (Lipinski definition) is 1. The summed E-state index contributed by atoms with van der Waals surface area (Å²) in [4.78, 5) is 12.8. The summed E-state index contributed by atoms with van der Waals surface area (Å²) < 4.78 is 52.3. The Morgan fingerprint density at radius 3 is 2.57 bits per heavy atom. The average molecular weight is 408 g/mol. The molecule has 0 saturated carbocycles. The number of fused-ring (bicyclic) bond motifs is 1. The van der Waals surface area contributed by atoms with Crippen molar-refractivity contribution >= 4 is 21.6 Å². The molecular weight excluding hydrogens is 386 g/mol. The Labute approximate surface area is 163 Å². The van der Waals surface area contributed by atoms with Crippen molar-refractivity contribution in [1.82, 2.24) is 5.32 Å². The number of hydrogen-bond acceptors (Lipinski definition) is 3. The fraction of sp³-hybridized carbons (Fsp3) is 0.350. The van der Waals surface area contributed by atoms with Crippen molar-refractivity contribution in [2.75, 3.05) is 10.6 Å². The van der Waals surface area contributed by atoms with E-state index in [2.05, 4.69) is 5.32 Å². The molecule has 1 aliphatic rings. The van der Waals surface area contributed by atoms with E-state index in [4.69, 9.17) is 0 Å². The molecule has 8 heteroatoms. The SMILES string of the molecule is C[C@@H](C(=O)N[C@H]1CCCc2ccccc21)N(c1ccc(F)c(F)c1)S(C)(=O)=O. The highest BCUT2D eigenvalue weighted by atomic mass is 32.2. The lowest BCUT2D eigenvalue weighted by molar-refractivity contribution is -0.122. The molecule has 0 saturated heterocycles. The van der Waals surface area contributed by atoms with Gasteiger partial charge in [-0.25, -0.2) is 17.2 Å². The Bertz CT molecular complexity index is 995. The number of benzene rings is 2. The van der Waals surface area contributed by atoms with Gasteiger partial charge in [-0.3, -0.25) is 9.10 Å². The molecule has 0 heterocycles. The molecule has 2 aromatic rings. The van der Waals surface area contributed by atoms with E-state index in [1.165, 1.54) is 6.92 Å². The van der Waals surface area contributed by atoms with Crippen molar-refractivity contribution in [3.05, 3.63) is 65.2 Å². The fourth-order valence-electron chi connectivity index (χ4n) is 3.63. The molecule has 2 atom stereocenters. The molecule has 0 fully saturated rings. The third-order valence-corrected chi connectivity index (χ3v) is 6.17. The standard InChI is InChI=1S/C20H22F2N2O3S/c1-13(24(28(2,26)27)15-10-11-17(21)18(22)12-15)20(25)23-19-9-5-7-14-6-3-4-8-16(14)19/h3-4,6,8,10-13,19H,5,7,9H2,1-2H3,(H,23,25)/t13-,19-/m0/s1. The van der Waals surface area contributed by atoms with Crippen LogP contribution in [-0.4, -0.2) is 26.6 Å². The largest absolute Gasteiger partial charge is 0.347 e. The number of nitrogens with one attached hydrogen (secondary N) is 1. The monoisotopic (exact) mass is 408 g/mol. The summed E-state index contributed by atoms with van der Waals surface area (Å²) in [5.41, 5.74) is 2.08. The lowest BCUT2D eigenvalue weighted by Crippen LogP contribution is -2.49. The van der Waals surface area contributed by atoms with Crippen LogP contribution in [0.3, 0.4) is 0 Å². The van der Waals surface area contributed by atoms with E-state index in [-0.39, 0.29) is 11.7 Å². The molecule has 1 amide bonds. The van der Waals surface area contributed by atoms with Crippen molar-refractivity contribution in [2.24, 2.45) is 0 Å². The second-order valence-electron chi connectivity index (χ2n) is 6.99. The molecule has 0 spiro atoms. The van der Waals surface area contributed by atoms with Crippen molar-refractivity contribution in [2.45, 2.75) is 38.3 Å². The molecule has 150 valence electrons. The van der Waals surface area contributed by atoms with E-state index in [1.807, 2.05) is 24.3 Å². The summed E-state index contributed by atoms with van der Waals surface area (Å²) in [6.07, 6.45) is 3.52. The molecule has 0 aliphatic heterocycles. The molecule has 0 radical (unpaired) electrons. The summed E-state index contributed by atoms with van der Waals surface area (Å²) in [5, 5.41) is 2.91. The van der Waals surface area contributed by atoms with E-state index in [0.717, 1.165) is 59.1 Å². The van der Waals surface area contributed by atoms with Crippen LogP contribution in [0.4, 0.5) is 14.5 Å². The zero-order valence-corrected chi connectivity index (χ0v) is 16.5. The molecule has 5 nitrogen and oxygen atoms in total. The molecule has 1 aliphatic carbocycles. The van der Waals surface area contributed by atoms with Crippen molar-refractivity contribution in [3.8, 4) is 0 Å². The number of carbonyl (C=O) groups excluding carboxylic acids is 1. The Balaban J connectivity index is 1.86. The maximum absolute atomic E-state index is 13.6. The van der Waals surface area contributed by atoms with E-state index < -0.39 is 33.6 Å². The van der Waals surface area contributed by atoms with Gasteiger partial charge in [0.1, 0.15) is 6.04 Å². The smallest absolute Gasteiger partial charge is 0.244 e. The molecule has 0 unspecified atom stereocenters. The predicted octanol–water partition coefficient (Wildman–Crippen LogP) is 3.31. The average Bonchev–Trinajstić information content (AvgIpc) is 2.64. The molecule has 0 bridgehead atoms. The highest BCUT2D eigenvalue weighted by Crippen LogP contribution is 2.30. The minimum atomic E-state index is -3.91. The first-order chi connectivity index (χ1) is 13.2. The van der Waals surface area contributed by atoms with Crippen LogP contribution < -0.4 is 9.62 Å². The quantitative estimate of drug-likeness (QED) is 0.826. The summed E-state index contributed by atoms with van der Waals surface area (Å²) in [6, 6.07) is 9.21. The van der Waals surface area contributed by atoms with Gasteiger partial charge in [0.05, 0.1) is 18.0 Å². The van der Waals surface area contributed by atoms with Crippen LogP contribution in [0.25, 0.3) is 0 Å². The highest BCUT2D eigenvalue weighted by molar-refractivity contribution is 7.92. The lowest BCUT2D eigenvalue weighted by atomic mass is 9.87. The third-order valence-electron chi connectivity index (χ3n) is 4.93. The van der Waals surface area contributed by atoms with E-state index >= 15 is 0 Å². The molecule has 1 N–H and O–H groups in total. The molecule has 0 aromatic heterocycles. The number of nitrogens with zero attached hydrogens (tertiary/aromatic N) is 1. The first-order valence-electron chi connectivity index (χ1n) is 9.01. The summed E-state index contributed by atoms with van der Waals surface area (Å²) in [7, 11) is -3.91. The summed E-state index contributed by atoms with van der Waals surface area (Å²) in [6.45, 7) is 1.42. The number of halogens is 2. The van der Waals surface area contributed by atoms with Gasteiger partial charge in [0.2, 0.25) is 15.9 Å². The van der Waals surface area contributed by atoms with Crippen LogP contribution in [0.5, 0.6) is 0 Å². The van der Waals surface area contributed by atoms with Gasteiger partial charge in [-0.1, -0.05) is 24.3 Å². The maximum Gasteiger partial charge on any atom is 0.244 e. The second-order valence-corrected chi connectivity index (χ2v) is 8.84. The van der Waals surface area contributed by atoms with Crippen LogP contribution in [0.2, 0.25) is 0 Å². The molecule has 3 rings (SSSR count). The maximum atomic E-state index is 13.6. The summed E-state index contributed by atoms with van der Waals surface area (Å²) >= 11 is 0. The van der Waals surface area contributed by atoms with Gasteiger partial charge in [0.15, 0.2) is 11.6 Å². The normalized spacial score (nSPS) is 17.5. The lowest BCUT2D eigenvalue weighted by Gasteiger charge is -2.31. The Morgan fingerprint density at radius 2 is 1.89 bits per heavy atom. The van der Waals surface area contributed by atoms with Gasteiger partial charge < -0.3 is 5.32 Å². The van der Waals surface area contributed by atoms with Gasteiger partial charge in [0, 0.05) is 6.07 Å². The Kier molecular flexibility index (Phi) is 5.69. The minimum Gasteiger partial charge on any atom is -0.347 e. The second kappa shape index (κ2) is 7.87. The van der Waals surface area contributed by atoms with Crippen molar-refractivity contribution in [3.63, 3.8) is 0 Å². The van der Waals surface area contributed by atoms with E-state index in [1.54, 1.807) is 0 Å². The van der Waals surface area contributed by atoms with Gasteiger partial charge in [-0.15, -0.1) is 0 Å². The highest BCUT2D eigenvalue weighted by Gasteiger charge is 2.32. The summed E-state index contributed by atoms with van der Waals surface area (Å²) in [5.74, 6) is -2.77. The number of amides is 1. The van der Waals surface area contributed by atoms with E-state index in [9.17, 15) is 22.0 Å². The van der Waals surface area contributed by atoms with Crippen LogP contribution in [-0.2, 0) is 21.2 Å². The molecule has 2 aromatic carbocycles. The number of anilines is 1. The third kappa shape index (κ3) is 4.16. The molecule has 28 heavy (non-hydrogen) atoms. The van der Waals surface area contributed by atoms with Gasteiger partial charge in [0.25, 0.3) is 0 Å². The topological polar surface area (TPSA) is 66.5 Å². The zero-order chi connectivity index (χ0) is 20.5. The predicted molar refractivity (Wildman–Crippen MR) is 103 cm³/mol. The van der Waals surface area contributed by atoms with Crippen molar-refractivity contribution < 1.29 is 22.0 Å². The fourth-order valence-corrected chi connectivity index (χ4v) is 4.79. The minimum absolute atomic E-state index is 0.104. The Hall–Kier alpha value is -2.48. The first kappa shape index (κ1) is 20.3. The van der Waals surface area contributed by atoms with Gasteiger partial charge in [-0.2, -0.15) is 0 Å². The van der Waals surface area contributed by atoms with E-state index in [0.29, 0.717) is 0 Å². The van der Waals surface area contributed by atoms with Crippen LogP contribution in [0.15, 0.2) is 42.5 Å². The van der Waals surface area contributed by atoms with Crippen LogP contribution in [0.1, 0.15) is 36.9 Å². The molecular formula is C20H22F2N2O3S. The zero-order valence-electron chi connectivity index (χ0n) is 15.7. The number of sulfonamides is 1. The number of rotatable bonds is 5. The first-order valence-corrected chi connectivity index (χ1v) is 10.9. The van der Waals surface area contributed by atoms with Crippen molar-refractivity contribution in [1.29, 1.82) is 0 Å². The number of aryl methyl sites for hydroxylation is 1. The van der Waals surface area contributed by atoms with Gasteiger partial charge >= 0.3 is 0 Å². The number of carbonyl (C=O) groups is 1. The van der Waals surface area contributed by atoms with Gasteiger partial charge in [-0.05, 0) is 49.4 Å². The van der Waals surface area contributed by atoms with Crippen LogP contribution in [0, 0.1) is 11.6 Å². The van der Waals surface area contributed by atoms with Crippen LogP contribution >= 0.6 is 0 Å². The Morgan fingerprint density at radius 1 is 1.18 bits per heavy atom.